The van der Waals surface area contributed by atoms with Gasteiger partial charge in [0.25, 0.3) is 0 Å². The SMILES string of the molecule is Cc1c(F)cccc1[C@H](N1CCNCC1)C(C)(C)C. The molecule has 1 aliphatic rings. The first-order valence-corrected chi connectivity index (χ1v) is 7.11. The van der Waals surface area contributed by atoms with Gasteiger partial charge in [-0.3, -0.25) is 4.90 Å². The van der Waals surface area contributed by atoms with Crippen molar-refractivity contribution < 1.29 is 4.39 Å². The van der Waals surface area contributed by atoms with Gasteiger partial charge in [0.15, 0.2) is 0 Å². The van der Waals surface area contributed by atoms with Gasteiger partial charge in [0.2, 0.25) is 0 Å². The normalized spacial score (nSPS) is 19.4. The summed E-state index contributed by atoms with van der Waals surface area (Å²) in [6.07, 6.45) is 0. The van der Waals surface area contributed by atoms with E-state index in [1.165, 1.54) is 0 Å². The maximum Gasteiger partial charge on any atom is 0.126 e. The molecule has 0 spiro atoms. The summed E-state index contributed by atoms with van der Waals surface area (Å²) in [4.78, 5) is 2.48. The van der Waals surface area contributed by atoms with Gasteiger partial charge in [0.05, 0.1) is 0 Å². The molecule has 1 aromatic carbocycles. The van der Waals surface area contributed by atoms with E-state index < -0.39 is 0 Å². The standard InChI is InChI=1S/C16H25FN2/c1-12-13(6-5-7-14(12)17)15(16(2,3)4)19-10-8-18-9-11-19/h5-7,15,18H,8-11H2,1-4H3/t15-/m0/s1. The van der Waals surface area contributed by atoms with Crippen LogP contribution in [0.5, 0.6) is 0 Å². The zero-order valence-electron chi connectivity index (χ0n) is 12.5. The van der Waals surface area contributed by atoms with Gasteiger partial charge in [0, 0.05) is 32.2 Å². The fraction of sp³-hybridized carbons (Fsp3) is 0.625. The summed E-state index contributed by atoms with van der Waals surface area (Å²) in [5.74, 6) is -0.0955. The molecule has 1 saturated heterocycles. The molecule has 0 unspecified atom stereocenters. The van der Waals surface area contributed by atoms with Gasteiger partial charge in [-0.25, -0.2) is 4.39 Å². The Kier molecular flexibility index (Phi) is 4.26. The first-order chi connectivity index (χ1) is 8.91. The van der Waals surface area contributed by atoms with Crippen molar-refractivity contribution in [1.82, 2.24) is 10.2 Å². The molecule has 1 fully saturated rings. The van der Waals surface area contributed by atoms with Crippen LogP contribution < -0.4 is 5.32 Å². The van der Waals surface area contributed by atoms with E-state index in [1.54, 1.807) is 6.07 Å². The lowest BCUT2D eigenvalue weighted by molar-refractivity contribution is 0.0855. The molecule has 1 heterocycles. The third-order valence-electron chi connectivity index (χ3n) is 3.94. The molecule has 2 nitrogen and oxygen atoms in total. The molecule has 0 radical (unpaired) electrons. The van der Waals surface area contributed by atoms with Gasteiger partial charge in [-0.1, -0.05) is 32.9 Å². The highest BCUT2D eigenvalue weighted by Gasteiger charge is 2.33. The summed E-state index contributed by atoms with van der Waals surface area (Å²) in [5, 5.41) is 3.38. The lowest BCUT2D eigenvalue weighted by atomic mass is 9.79. The van der Waals surface area contributed by atoms with Crippen molar-refractivity contribution in [3.8, 4) is 0 Å². The molecule has 19 heavy (non-hydrogen) atoms. The molecule has 1 N–H and O–H groups in total. The minimum atomic E-state index is -0.0955. The smallest absolute Gasteiger partial charge is 0.126 e. The molecular formula is C16H25FN2. The highest BCUT2D eigenvalue weighted by atomic mass is 19.1. The monoisotopic (exact) mass is 264 g/mol. The van der Waals surface area contributed by atoms with Crippen LogP contribution in [-0.4, -0.2) is 31.1 Å². The second-order valence-corrected chi connectivity index (χ2v) is 6.51. The fourth-order valence-corrected chi connectivity index (χ4v) is 3.07. The molecule has 3 heteroatoms. The predicted octanol–water partition coefficient (Wildman–Crippen LogP) is 3.13. The Labute approximate surface area is 116 Å². The number of rotatable bonds is 2. The molecule has 2 rings (SSSR count). The zero-order valence-corrected chi connectivity index (χ0v) is 12.5. The molecule has 0 aromatic heterocycles. The number of piperazine rings is 1. The number of nitrogens with one attached hydrogen (secondary N) is 1. The van der Waals surface area contributed by atoms with Crippen LogP contribution in [0.25, 0.3) is 0 Å². The largest absolute Gasteiger partial charge is 0.314 e. The zero-order chi connectivity index (χ0) is 14.0. The lowest BCUT2D eigenvalue weighted by Crippen LogP contribution is -2.48. The summed E-state index contributed by atoms with van der Waals surface area (Å²) in [6.45, 7) is 12.7. The molecule has 1 aliphatic heterocycles. The van der Waals surface area contributed by atoms with E-state index in [2.05, 4.69) is 37.1 Å². The number of benzene rings is 1. The van der Waals surface area contributed by atoms with E-state index in [1.807, 2.05) is 13.0 Å². The van der Waals surface area contributed by atoms with Crippen LogP contribution in [0.3, 0.4) is 0 Å². The summed E-state index contributed by atoms with van der Waals surface area (Å²) in [7, 11) is 0. The summed E-state index contributed by atoms with van der Waals surface area (Å²) >= 11 is 0. The molecule has 0 bridgehead atoms. The Morgan fingerprint density at radius 2 is 1.84 bits per heavy atom. The Morgan fingerprint density at radius 1 is 1.21 bits per heavy atom. The number of nitrogens with zero attached hydrogens (tertiary/aromatic N) is 1. The number of hydrogen-bond acceptors (Lipinski definition) is 2. The van der Waals surface area contributed by atoms with Crippen LogP contribution in [-0.2, 0) is 0 Å². The highest BCUT2D eigenvalue weighted by molar-refractivity contribution is 5.31. The topological polar surface area (TPSA) is 15.3 Å². The Hall–Kier alpha value is -0.930. The Morgan fingerprint density at radius 3 is 2.42 bits per heavy atom. The second-order valence-electron chi connectivity index (χ2n) is 6.51. The average molecular weight is 264 g/mol. The van der Waals surface area contributed by atoms with E-state index in [9.17, 15) is 4.39 Å². The predicted molar refractivity (Wildman–Crippen MR) is 77.8 cm³/mol. The number of halogens is 1. The van der Waals surface area contributed by atoms with Gasteiger partial charge in [0.1, 0.15) is 5.82 Å². The van der Waals surface area contributed by atoms with Crippen molar-refractivity contribution in [2.75, 3.05) is 26.2 Å². The highest BCUT2D eigenvalue weighted by Crippen LogP contribution is 2.39. The minimum absolute atomic E-state index is 0.0931. The van der Waals surface area contributed by atoms with Crippen LogP contribution in [0.4, 0.5) is 4.39 Å². The second kappa shape index (κ2) is 5.59. The van der Waals surface area contributed by atoms with E-state index >= 15 is 0 Å². The van der Waals surface area contributed by atoms with E-state index in [0.717, 1.165) is 37.3 Å². The minimum Gasteiger partial charge on any atom is -0.314 e. The van der Waals surface area contributed by atoms with Gasteiger partial charge in [-0.2, -0.15) is 0 Å². The summed E-state index contributed by atoms with van der Waals surface area (Å²) < 4.78 is 13.9. The van der Waals surface area contributed by atoms with Crippen molar-refractivity contribution in [1.29, 1.82) is 0 Å². The third kappa shape index (κ3) is 3.15. The molecule has 0 amide bonds. The van der Waals surface area contributed by atoms with Crippen molar-refractivity contribution in [2.45, 2.75) is 33.7 Å². The van der Waals surface area contributed by atoms with Crippen molar-refractivity contribution in [3.63, 3.8) is 0 Å². The first kappa shape index (κ1) is 14.5. The maximum absolute atomic E-state index is 13.9. The number of hydrogen-bond donors (Lipinski definition) is 1. The van der Waals surface area contributed by atoms with Crippen LogP contribution >= 0.6 is 0 Å². The fourth-order valence-electron chi connectivity index (χ4n) is 3.07. The molecule has 0 saturated carbocycles. The lowest BCUT2D eigenvalue weighted by Gasteiger charge is -2.43. The van der Waals surface area contributed by atoms with Crippen LogP contribution in [0, 0.1) is 18.2 Å². The Balaban J connectivity index is 2.40. The summed E-state index contributed by atoms with van der Waals surface area (Å²) in [5.41, 5.74) is 2.02. The molecule has 1 atom stereocenters. The van der Waals surface area contributed by atoms with Crippen molar-refractivity contribution >= 4 is 0 Å². The van der Waals surface area contributed by atoms with Crippen molar-refractivity contribution in [2.24, 2.45) is 5.41 Å². The van der Waals surface area contributed by atoms with Crippen LogP contribution in [0.2, 0.25) is 0 Å². The quantitative estimate of drug-likeness (QED) is 0.883. The van der Waals surface area contributed by atoms with Crippen molar-refractivity contribution in [3.05, 3.63) is 35.1 Å². The third-order valence-corrected chi connectivity index (χ3v) is 3.94. The van der Waals surface area contributed by atoms with Gasteiger partial charge in [-0.15, -0.1) is 0 Å². The average Bonchev–Trinajstić information content (AvgIpc) is 2.35. The first-order valence-electron chi connectivity index (χ1n) is 7.11. The van der Waals surface area contributed by atoms with Crippen LogP contribution in [0.15, 0.2) is 18.2 Å². The molecular weight excluding hydrogens is 239 g/mol. The van der Waals surface area contributed by atoms with Crippen LogP contribution in [0.1, 0.15) is 37.9 Å². The van der Waals surface area contributed by atoms with E-state index in [-0.39, 0.29) is 17.3 Å². The van der Waals surface area contributed by atoms with E-state index in [4.69, 9.17) is 0 Å². The van der Waals surface area contributed by atoms with Gasteiger partial charge >= 0.3 is 0 Å². The van der Waals surface area contributed by atoms with Gasteiger partial charge < -0.3 is 5.32 Å². The van der Waals surface area contributed by atoms with E-state index in [0.29, 0.717) is 0 Å². The molecule has 1 aromatic rings. The summed E-state index contributed by atoms with van der Waals surface area (Å²) in [6, 6.07) is 5.73. The van der Waals surface area contributed by atoms with Gasteiger partial charge in [-0.05, 0) is 29.5 Å². The molecule has 106 valence electrons. The Bertz CT molecular complexity index is 431. The maximum atomic E-state index is 13.9. The molecule has 0 aliphatic carbocycles.